The normalized spacial score (nSPS) is 11.3. The van der Waals surface area contributed by atoms with Crippen molar-refractivity contribution in [2.75, 3.05) is 26.0 Å². The third-order valence-electron chi connectivity index (χ3n) is 3.60. The van der Waals surface area contributed by atoms with Crippen LogP contribution in [0.3, 0.4) is 0 Å². The molecule has 0 unspecified atom stereocenters. The molecular weight excluding hydrogens is 344 g/mol. The SMILES string of the molecule is Cc1ccc(NC(=O)CNC(=O)[C@@H](N)C(C)C)cc1C(=O)N(C)C.Cl. The maximum absolute atomic E-state index is 12.1. The second-order valence-corrected chi connectivity index (χ2v) is 6.27. The third kappa shape index (κ3) is 6.72. The first-order chi connectivity index (χ1) is 11.1. The van der Waals surface area contributed by atoms with Gasteiger partial charge < -0.3 is 21.3 Å². The Bertz CT molecular complexity index is 632. The van der Waals surface area contributed by atoms with E-state index >= 15 is 0 Å². The van der Waals surface area contributed by atoms with E-state index in [0.717, 1.165) is 5.56 Å². The molecule has 0 heterocycles. The molecule has 0 radical (unpaired) electrons. The summed E-state index contributed by atoms with van der Waals surface area (Å²) in [6, 6.07) is 4.44. The molecule has 0 aromatic heterocycles. The summed E-state index contributed by atoms with van der Waals surface area (Å²) in [4.78, 5) is 37.3. The number of nitrogens with zero attached hydrogens (tertiary/aromatic N) is 1. The van der Waals surface area contributed by atoms with Crippen molar-refractivity contribution in [1.82, 2.24) is 10.2 Å². The van der Waals surface area contributed by atoms with E-state index in [1.165, 1.54) is 4.90 Å². The fraction of sp³-hybridized carbons (Fsp3) is 0.471. The molecular formula is C17H27ClN4O3. The van der Waals surface area contributed by atoms with Crippen LogP contribution in [0, 0.1) is 12.8 Å². The predicted molar refractivity (Wildman–Crippen MR) is 101 cm³/mol. The molecule has 0 spiro atoms. The van der Waals surface area contributed by atoms with Crippen molar-refractivity contribution in [3.63, 3.8) is 0 Å². The summed E-state index contributed by atoms with van der Waals surface area (Å²) in [5.74, 6) is -0.900. The molecule has 1 atom stereocenters. The van der Waals surface area contributed by atoms with Crippen molar-refractivity contribution >= 4 is 35.8 Å². The van der Waals surface area contributed by atoms with Crippen LogP contribution in [0.2, 0.25) is 0 Å². The number of carbonyl (C=O) groups excluding carboxylic acids is 3. The minimum absolute atomic E-state index is 0. The number of hydrogen-bond acceptors (Lipinski definition) is 4. The van der Waals surface area contributed by atoms with Gasteiger partial charge in [0.05, 0.1) is 12.6 Å². The second-order valence-electron chi connectivity index (χ2n) is 6.27. The third-order valence-corrected chi connectivity index (χ3v) is 3.60. The largest absolute Gasteiger partial charge is 0.346 e. The molecule has 7 nitrogen and oxygen atoms in total. The monoisotopic (exact) mass is 370 g/mol. The first-order valence-electron chi connectivity index (χ1n) is 7.79. The molecule has 3 amide bonds. The minimum Gasteiger partial charge on any atom is -0.346 e. The van der Waals surface area contributed by atoms with Crippen molar-refractivity contribution in [3.05, 3.63) is 29.3 Å². The Kier molecular flexibility index (Phi) is 9.16. The molecule has 8 heteroatoms. The van der Waals surface area contributed by atoms with Crippen LogP contribution in [0.25, 0.3) is 0 Å². The van der Waals surface area contributed by atoms with Gasteiger partial charge in [-0.2, -0.15) is 0 Å². The summed E-state index contributed by atoms with van der Waals surface area (Å²) in [5, 5.41) is 5.16. The average molecular weight is 371 g/mol. The number of nitrogens with one attached hydrogen (secondary N) is 2. The standard InChI is InChI=1S/C17H26N4O3.ClH/c1-10(2)15(18)16(23)19-9-14(22)20-12-7-6-11(3)13(8-12)17(24)21(4)5;/h6-8,10,15H,9,18H2,1-5H3,(H,19,23)(H,20,22);1H/t15-;/m0./s1. The van der Waals surface area contributed by atoms with Gasteiger partial charge in [0.25, 0.3) is 5.91 Å². The zero-order chi connectivity index (χ0) is 18.4. The van der Waals surface area contributed by atoms with Gasteiger partial charge in [-0.15, -0.1) is 12.4 Å². The van der Waals surface area contributed by atoms with Gasteiger partial charge in [-0.3, -0.25) is 14.4 Å². The highest BCUT2D eigenvalue weighted by Gasteiger charge is 2.18. The van der Waals surface area contributed by atoms with Crippen LogP contribution < -0.4 is 16.4 Å². The maximum Gasteiger partial charge on any atom is 0.253 e. The van der Waals surface area contributed by atoms with Gasteiger partial charge in [0.1, 0.15) is 0 Å². The van der Waals surface area contributed by atoms with E-state index in [2.05, 4.69) is 10.6 Å². The summed E-state index contributed by atoms with van der Waals surface area (Å²) < 4.78 is 0. The molecule has 0 aliphatic carbocycles. The summed E-state index contributed by atoms with van der Waals surface area (Å²) in [5.41, 5.74) is 7.55. The molecule has 4 N–H and O–H groups in total. The van der Waals surface area contributed by atoms with E-state index in [-0.39, 0.29) is 42.6 Å². The lowest BCUT2D eigenvalue weighted by atomic mass is 10.1. The topological polar surface area (TPSA) is 105 Å². The number of amides is 3. The molecule has 0 fully saturated rings. The van der Waals surface area contributed by atoms with E-state index in [4.69, 9.17) is 5.73 Å². The van der Waals surface area contributed by atoms with Crippen molar-refractivity contribution in [2.24, 2.45) is 11.7 Å². The lowest BCUT2D eigenvalue weighted by Crippen LogP contribution is -2.46. The van der Waals surface area contributed by atoms with Crippen LogP contribution in [0.5, 0.6) is 0 Å². The van der Waals surface area contributed by atoms with E-state index < -0.39 is 6.04 Å². The number of anilines is 1. The van der Waals surface area contributed by atoms with Gasteiger partial charge in [0.2, 0.25) is 11.8 Å². The fourth-order valence-electron chi connectivity index (χ4n) is 1.96. The zero-order valence-corrected chi connectivity index (χ0v) is 16.1. The van der Waals surface area contributed by atoms with Gasteiger partial charge in [-0.25, -0.2) is 0 Å². The van der Waals surface area contributed by atoms with E-state index in [1.54, 1.807) is 32.3 Å². The number of rotatable bonds is 6. The first-order valence-corrected chi connectivity index (χ1v) is 7.79. The van der Waals surface area contributed by atoms with Crippen LogP contribution >= 0.6 is 12.4 Å². The van der Waals surface area contributed by atoms with Crippen molar-refractivity contribution in [3.8, 4) is 0 Å². The molecule has 0 saturated heterocycles. The lowest BCUT2D eigenvalue weighted by Gasteiger charge is -2.16. The van der Waals surface area contributed by atoms with E-state index in [0.29, 0.717) is 11.3 Å². The number of benzene rings is 1. The number of halogens is 1. The lowest BCUT2D eigenvalue weighted by molar-refractivity contribution is -0.125. The van der Waals surface area contributed by atoms with Gasteiger partial charge in [-0.05, 0) is 30.5 Å². The van der Waals surface area contributed by atoms with Gasteiger partial charge in [0.15, 0.2) is 0 Å². The average Bonchev–Trinajstić information content (AvgIpc) is 2.52. The van der Waals surface area contributed by atoms with Crippen LogP contribution in [-0.2, 0) is 9.59 Å². The van der Waals surface area contributed by atoms with Crippen molar-refractivity contribution < 1.29 is 14.4 Å². The summed E-state index contributed by atoms with van der Waals surface area (Å²) in [6.07, 6.45) is 0. The zero-order valence-electron chi connectivity index (χ0n) is 15.3. The van der Waals surface area contributed by atoms with Gasteiger partial charge in [0, 0.05) is 25.3 Å². The highest BCUT2D eigenvalue weighted by atomic mass is 35.5. The fourth-order valence-corrected chi connectivity index (χ4v) is 1.96. The molecule has 0 aliphatic heterocycles. The minimum atomic E-state index is -0.651. The molecule has 1 aromatic rings. The summed E-state index contributed by atoms with van der Waals surface area (Å²) >= 11 is 0. The number of hydrogen-bond donors (Lipinski definition) is 3. The smallest absolute Gasteiger partial charge is 0.253 e. The number of carbonyl (C=O) groups is 3. The quantitative estimate of drug-likeness (QED) is 0.698. The van der Waals surface area contributed by atoms with Crippen molar-refractivity contribution in [1.29, 1.82) is 0 Å². The first kappa shape index (κ1) is 22.9. The predicted octanol–water partition coefficient (Wildman–Crippen LogP) is 1.16. The Balaban J connectivity index is 0.00000576. The van der Waals surface area contributed by atoms with E-state index in [9.17, 15) is 14.4 Å². The Hall–Kier alpha value is -2.12. The summed E-state index contributed by atoms with van der Waals surface area (Å²) in [6.45, 7) is 5.32. The second kappa shape index (κ2) is 10.0. The molecule has 0 saturated carbocycles. The Morgan fingerprint density at radius 2 is 1.80 bits per heavy atom. The van der Waals surface area contributed by atoms with Crippen LogP contribution in [-0.4, -0.2) is 49.3 Å². The molecule has 1 rings (SSSR count). The molecule has 25 heavy (non-hydrogen) atoms. The maximum atomic E-state index is 12.1. The highest BCUT2D eigenvalue weighted by Crippen LogP contribution is 2.16. The van der Waals surface area contributed by atoms with E-state index in [1.807, 2.05) is 20.8 Å². The molecule has 0 bridgehead atoms. The molecule has 140 valence electrons. The molecule has 0 aliphatic rings. The van der Waals surface area contributed by atoms with Crippen LogP contribution in [0.4, 0.5) is 5.69 Å². The van der Waals surface area contributed by atoms with Gasteiger partial charge >= 0.3 is 0 Å². The number of nitrogens with two attached hydrogens (primary N) is 1. The number of aryl methyl sites for hydroxylation is 1. The Labute approximate surface area is 154 Å². The highest BCUT2D eigenvalue weighted by molar-refractivity contribution is 5.99. The Morgan fingerprint density at radius 3 is 2.32 bits per heavy atom. The summed E-state index contributed by atoms with van der Waals surface area (Å²) in [7, 11) is 3.33. The van der Waals surface area contributed by atoms with Crippen molar-refractivity contribution in [2.45, 2.75) is 26.8 Å². The van der Waals surface area contributed by atoms with Crippen LogP contribution in [0.1, 0.15) is 29.8 Å². The van der Waals surface area contributed by atoms with Gasteiger partial charge in [-0.1, -0.05) is 19.9 Å². The Morgan fingerprint density at radius 1 is 1.20 bits per heavy atom. The van der Waals surface area contributed by atoms with Crippen LogP contribution in [0.15, 0.2) is 18.2 Å². The molecule has 1 aromatic carbocycles.